The first-order valence-corrected chi connectivity index (χ1v) is 3.88. The minimum Gasteiger partial charge on any atom is -0.353 e. The highest BCUT2D eigenvalue weighted by molar-refractivity contribution is 9.10. The number of aryl methyl sites for hydroxylation is 1. The van der Waals surface area contributed by atoms with Gasteiger partial charge in [0.15, 0.2) is 0 Å². The van der Waals surface area contributed by atoms with Crippen molar-refractivity contribution in [3.8, 4) is 0 Å². The largest absolute Gasteiger partial charge is 0.353 e. The lowest BCUT2D eigenvalue weighted by Crippen LogP contribution is -2.10. The standard InChI is InChI=1S/C6H8BrN3O/c1-10-3-5(7)6(9-10)2-8-4-11/h3-4H,2H2,1H3,(H,8,11). The fourth-order valence-corrected chi connectivity index (χ4v) is 1.28. The number of carbonyl (C=O) groups excluding carboxylic acids is 1. The summed E-state index contributed by atoms with van der Waals surface area (Å²) in [7, 11) is 1.83. The van der Waals surface area contributed by atoms with Gasteiger partial charge in [-0.2, -0.15) is 5.10 Å². The van der Waals surface area contributed by atoms with Crippen LogP contribution in [0.4, 0.5) is 0 Å². The van der Waals surface area contributed by atoms with Gasteiger partial charge >= 0.3 is 0 Å². The van der Waals surface area contributed by atoms with Gasteiger partial charge in [-0.05, 0) is 15.9 Å². The maximum atomic E-state index is 9.94. The van der Waals surface area contributed by atoms with Crippen molar-refractivity contribution in [2.24, 2.45) is 7.05 Å². The summed E-state index contributed by atoms with van der Waals surface area (Å²) >= 11 is 3.31. The van der Waals surface area contributed by atoms with Crippen LogP contribution in [0.1, 0.15) is 5.69 Å². The Balaban J connectivity index is 2.69. The SMILES string of the molecule is Cn1cc(Br)c(CNC=O)n1. The Kier molecular flexibility index (Phi) is 2.64. The third-order valence-corrected chi connectivity index (χ3v) is 1.87. The maximum Gasteiger partial charge on any atom is 0.207 e. The molecule has 1 aromatic rings. The Morgan fingerprint density at radius 1 is 1.91 bits per heavy atom. The number of halogens is 1. The molecule has 1 aromatic heterocycles. The van der Waals surface area contributed by atoms with E-state index in [1.807, 2.05) is 13.2 Å². The molecule has 0 aliphatic rings. The summed E-state index contributed by atoms with van der Waals surface area (Å²) in [5.41, 5.74) is 0.833. The molecule has 1 amide bonds. The molecule has 0 aromatic carbocycles. The number of nitrogens with zero attached hydrogens (tertiary/aromatic N) is 2. The van der Waals surface area contributed by atoms with Crippen molar-refractivity contribution in [1.82, 2.24) is 15.1 Å². The van der Waals surface area contributed by atoms with Gasteiger partial charge in [0.2, 0.25) is 6.41 Å². The highest BCUT2D eigenvalue weighted by Gasteiger charge is 2.02. The van der Waals surface area contributed by atoms with Gasteiger partial charge in [0.1, 0.15) is 0 Å². The lowest BCUT2D eigenvalue weighted by Gasteiger charge is -1.92. The van der Waals surface area contributed by atoms with Gasteiger partial charge in [-0.15, -0.1) is 0 Å². The monoisotopic (exact) mass is 217 g/mol. The molecular weight excluding hydrogens is 210 g/mol. The molecule has 0 spiro atoms. The van der Waals surface area contributed by atoms with Crippen LogP contribution in [0, 0.1) is 0 Å². The van der Waals surface area contributed by atoms with E-state index in [0.29, 0.717) is 13.0 Å². The van der Waals surface area contributed by atoms with Crippen LogP contribution in [0.3, 0.4) is 0 Å². The minimum atomic E-state index is 0.463. The quantitative estimate of drug-likeness (QED) is 0.747. The van der Waals surface area contributed by atoms with E-state index in [0.717, 1.165) is 10.2 Å². The van der Waals surface area contributed by atoms with Gasteiger partial charge in [0, 0.05) is 13.2 Å². The molecule has 0 aliphatic carbocycles. The molecule has 0 aliphatic heterocycles. The van der Waals surface area contributed by atoms with Crippen molar-refractivity contribution in [2.45, 2.75) is 6.54 Å². The van der Waals surface area contributed by atoms with E-state index in [2.05, 4.69) is 26.3 Å². The third-order valence-electron chi connectivity index (χ3n) is 1.21. The van der Waals surface area contributed by atoms with Crippen LogP contribution >= 0.6 is 15.9 Å². The van der Waals surface area contributed by atoms with Crippen LogP contribution in [0.15, 0.2) is 10.7 Å². The van der Waals surface area contributed by atoms with Crippen LogP contribution in [0.2, 0.25) is 0 Å². The van der Waals surface area contributed by atoms with E-state index in [9.17, 15) is 4.79 Å². The Labute approximate surface area is 72.7 Å². The zero-order valence-corrected chi connectivity index (χ0v) is 7.63. The number of hydrogen-bond acceptors (Lipinski definition) is 2. The minimum absolute atomic E-state index is 0.463. The van der Waals surface area contributed by atoms with Crippen molar-refractivity contribution in [1.29, 1.82) is 0 Å². The summed E-state index contributed by atoms with van der Waals surface area (Å²) in [5, 5.41) is 6.63. The van der Waals surface area contributed by atoms with Crippen molar-refractivity contribution in [3.05, 3.63) is 16.4 Å². The van der Waals surface area contributed by atoms with E-state index in [1.165, 1.54) is 0 Å². The highest BCUT2D eigenvalue weighted by atomic mass is 79.9. The lowest BCUT2D eigenvalue weighted by molar-refractivity contribution is -0.109. The lowest BCUT2D eigenvalue weighted by atomic mass is 10.4. The van der Waals surface area contributed by atoms with E-state index in [1.54, 1.807) is 4.68 Å². The zero-order valence-electron chi connectivity index (χ0n) is 6.04. The molecule has 0 radical (unpaired) electrons. The van der Waals surface area contributed by atoms with Gasteiger partial charge in [0.25, 0.3) is 0 Å². The zero-order chi connectivity index (χ0) is 8.27. The fourth-order valence-electron chi connectivity index (χ4n) is 0.764. The molecule has 5 heteroatoms. The average molecular weight is 218 g/mol. The van der Waals surface area contributed by atoms with Crippen molar-refractivity contribution < 1.29 is 4.79 Å². The van der Waals surface area contributed by atoms with Crippen LogP contribution in [-0.4, -0.2) is 16.2 Å². The van der Waals surface area contributed by atoms with Crippen LogP contribution in [0.25, 0.3) is 0 Å². The Morgan fingerprint density at radius 3 is 3.09 bits per heavy atom. The van der Waals surface area contributed by atoms with Crippen LogP contribution in [0.5, 0.6) is 0 Å². The summed E-state index contributed by atoms with van der Waals surface area (Å²) in [6.07, 6.45) is 2.49. The number of aromatic nitrogens is 2. The maximum absolute atomic E-state index is 9.94. The fraction of sp³-hybridized carbons (Fsp3) is 0.333. The van der Waals surface area contributed by atoms with Crippen LogP contribution < -0.4 is 5.32 Å². The summed E-state index contributed by atoms with van der Waals surface area (Å²) in [6, 6.07) is 0. The first kappa shape index (κ1) is 8.26. The second-order valence-electron chi connectivity index (χ2n) is 2.10. The number of hydrogen-bond donors (Lipinski definition) is 1. The van der Waals surface area contributed by atoms with Gasteiger partial charge in [0.05, 0.1) is 16.7 Å². The van der Waals surface area contributed by atoms with Crippen LogP contribution in [-0.2, 0) is 18.4 Å². The number of nitrogens with one attached hydrogen (secondary N) is 1. The average Bonchev–Trinajstić information content (AvgIpc) is 2.26. The van der Waals surface area contributed by atoms with Gasteiger partial charge in [-0.25, -0.2) is 0 Å². The van der Waals surface area contributed by atoms with E-state index in [4.69, 9.17) is 0 Å². The summed E-state index contributed by atoms with van der Waals surface area (Å²) < 4.78 is 2.60. The number of rotatable bonds is 3. The van der Waals surface area contributed by atoms with Gasteiger partial charge in [-0.1, -0.05) is 0 Å². The number of carbonyl (C=O) groups is 1. The predicted octanol–water partition coefficient (Wildman–Crippen LogP) is 0.429. The second kappa shape index (κ2) is 3.52. The smallest absolute Gasteiger partial charge is 0.207 e. The molecule has 11 heavy (non-hydrogen) atoms. The first-order chi connectivity index (χ1) is 5.24. The second-order valence-corrected chi connectivity index (χ2v) is 2.95. The molecule has 0 saturated heterocycles. The van der Waals surface area contributed by atoms with Crippen molar-refractivity contribution >= 4 is 22.3 Å². The highest BCUT2D eigenvalue weighted by Crippen LogP contribution is 2.13. The van der Waals surface area contributed by atoms with Gasteiger partial charge < -0.3 is 5.32 Å². The third kappa shape index (κ3) is 2.04. The van der Waals surface area contributed by atoms with E-state index >= 15 is 0 Å². The molecule has 1 heterocycles. The van der Waals surface area contributed by atoms with Gasteiger partial charge in [-0.3, -0.25) is 9.48 Å². The summed E-state index contributed by atoms with van der Waals surface area (Å²) in [6.45, 7) is 0.463. The summed E-state index contributed by atoms with van der Waals surface area (Å²) in [5.74, 6) is 0. The Morgan fingerprint density at radius 2 is 2.64 bits per heavy atom. The predicted molar refractivity (Wildman–Crippen MR) is 43.8 cm³/mol. The molecule has 0 fully saturated rings. The molecule has 0 atom stereocenters. The van der Waals surface area contributed by atoms with E-state index < -0.39 is 0 Å². The first-order valence-electron chi connectivity index (χ1n) is 3.09. The molecule has 1 N–H and O–H groups in total. The van der Waals surface area contributed by atoms with Crippen molar-refractivity contribution in [3.63, 3.8) is 0 Å². The van der Waals surface area contributed by atoms with E-state index in [-0.39, 0.29) is 0 Å². The summed E-state index contributed by atoms with van der Waals surface area (Å²) in [4.78, 5) is 9.94. The molecule has 0 saturated carbocycles. The molecule has 4 nitrogen and oxygen atoms in total. The Hall–Kier alpha value is -0.840. The number of amides is 1. The molecule has 0 bridgehead atoms. The Bertz CT molecular complexity index is 258. The van der Waals surface area contributed by atoms with Crippen molar-refractivity contribution in [2.75, 3.05) is 0 Å². The molecule has 0 unspecified atom stereocenters. The normalized spacial score (nSPS) is 9.64. The topological polar surface area (TPSA) is 46.9 Å². The molecular formula is C6H8BrN3O. The molecule has 1 rings (SSSR count). The molecule has 60 valence electrons.